The van der Waals surface area contributed by atoms with E-state index < -0.39 is 0 Å². The molecule has 20 heavy (non-hydrogen) atoms. The van der Waals surface area contributed by atoms with Crippen LogP contribution in [-0.2, 0) is 17.1 Å². The molecule has 2 heterocycles. The maximum Gasteiger partial charge on any atom is 0.277 e. The lowest BCUT2D eigenvalue weighted by Crippen LogP contribution is -2.27. The molecule has 0 spiro atoms. The number of rotatable bonds is 7. The molecular weight excluding hydrogens is 298 g/mol. The summed E-state index contributed by atoms with van der Waals surface area (Å²) in [4.78, 5) is 13.5. The van der Waals surface area contributed by atoms with E-state index in [1.807, 2.05) is 12.3 Å². The van der Waals surface area contributed by atoms with Gasteiger partial charge in [-0.1, -0.05) is 11.8 Å². The number of hydrogen-bond acceptors (Lipinski definition) is 7. The fourth-order valence-corrected chi connectivity index (χ4v) is 2.52. The molecule has 108 valence electrons. The lowest BCUT2D eigenvalue weighted by Gasteiger charge is -2.14. The van der Waals surface area contributed by atoms with Crippen molar-refractivity contribution in [2.75, 3.05) is 19.1 Å². The Labute approximate surface area is 125 Å². The average Bonchev–Trinajstić information content (AvgIpc) is 3.08. The molecule has 0 aliphatic carbocycles. The first-order chi connectivity index (χ1) is 9.69. The molecule has 0 aliphatic rings. The first-order valence-corrected chi connectivity index (χ1v) is 8.27. The van der Waals surface area contributed by atoms with Gasteiger partial charge in [-0.3, -0.25) is 4.79 Å². The van der Waals surface area contributed by atoms with Crippen molar-refractivity contribution in [1.82, 2.24) is 15.1 Å². The van der Waals surface area contributed by atoms with Crippen LogP contribution in [0, 0.1) is 0 Å². The molecule has 2 aromatic heterocycles. The van der Waals surface area contributed by atoms with Gasteiger partial charge in [0.2, 0.25) is 11.8 Å². The molecule has 0 aliphatic heterocycles. The minimum absolute atomic E-state index is 0.0176. The van der Waals surface area contributed by atoms with Crippen LogP contribution in [0.2, 0.25) is 0 Å². The summed E-state index contributed by atoms with van der Waals surface area (Å²) < 4.78 is 10.6. The van der Waals surface area contributed by atoms with Crippen LogP contribution in [0.15, 0.2) is 32.5 Å². The van der Waals surface area contributed by atoms with Gasteiger partial charge in [0, 0.05) is 7.05 Å². The number of carbonyl (C=O) groups is 1. The molecule has 0 N–H and O–H groups in total. The Hall–Kier alpha value is -1.41. The lowest BCUT2D eigenvalue weighted by molar-refractivity contribution is -0.127. The molecule has 0 unspecified atom stereocenters. The average molecular weight is 313 g/mol. The normalized spacial score (nSPS) is 10.7. The molecule has 0 bridgehead atoms. The zero-order valence-corrected chi connectivity index (χ0v) is 12.9. The molecule has 1 amide bonds. The lowest BCUT2D eigenvalue weighted by atomic mass is 10.4. The van der Waals surface area contributed by atoms with E-state index in [1.54, 1.807) is 36.0 Å². The third-order valence-electron chi connectivity index (χ3n) is 2.43. The molecule has 0 saturated heterocycles. The van der Waals surface area contributed by atoms with Crippen LogP contribution < -0.4 is 0 Å². The predicted molar refractivity (Wildman–Crippen MR) is 77.4 cm³/mol. The van der Waals surface area contributed by atoms with E-state index in [2.05, 4.69) is 10.2 Å². The maximum absolute atomic E-state index is 11.9. The number of aromatic nitrogens is 2. The van der Waals surface area contributed by atoms with E-state index >= 15 is 0 Å². The highest BCUT2D eigenvalue weighted by molar-refractivity contribution is 7.99. The predicted octanol–water partition coefficient (Wildman–Crippen LogP) is 2.28. The third-order valence-corrected chi connectivity index (χ3v) is 3.77. The third kappa shape index (κ3) is 4.31. The van der Waals surface area contributed by atoms with Crippen LogP contribution in [0.3, 0.4) is 0 Å². The van der Waals surface area contributed by atoms with Gasteiger partial charge in [0.05, 0.1) is 24.3 Å². The van der Waals surface area contributed by atoms with Crippen molar-refractivity contribution in [2.45, 2.75) is 17.5 Å². The number of nitrogens with zero attached hydrogens (tertiary/aromatic N) is 3. The smallest absolute Gasteiger partial charge is 0.277 e. The van der Waals surface area contributed by atoms with E-state index in [0.29, 0.717) is 23.4 Å². The van der Waals surface area contributed by atoms with Gasteiger partial charge in [-0.05, 0) is 18.4 Å². The number of thioether (sulfide) groups is 2. The number of amides is 1. The van der Waals surface area contributed by atoms with Gasteiger partial charge < -0.3 is 13.7 Å². The first kappa shape index (κ1) is 15.0. The summed E-state index contributed by atoms with van der Waals surface area (Å²) in [6, 6.07) is 3.64. The van der Waals surface area contributed by atoms with Crippen LogP contribution in [0.1, 0.15) is 11.7 Å². The van der Waals surface area contributed by atoms with Crippen molar-refractivity contribution in [3.63, 3.8) is 0 Å². The van der Waals surface area contributed by atoms with E-state index in [0.717, 1.165) is 5.76 Å². The van der Waals surface area contributed by atoms with Gasteiger partial charge >= 0.3 is 0 Å². The Morgan fingerprint density at radius 1 is 1.45 bits per heavy atom. The molecule has 6 nitrogen and oxygen atoms in total. The van der Waals surface area contributed by atoms with Crippen molar-refractivity contribution in [3.8, 4) is 0 Å². The van der Waals surface area contributed by atoms with Crippen LogP contribution in [0.5, 0.6) is 0 Å². The minimum Gasteiger partial charge on any atom is -0.467 e. The van der Waals surface area contributed by atoms with Gasteiger partial charge in [-0.15, -0.1) is 10.2 Å². The van der Waals surface area contributed by atoms with Crippen LogP contribution in [0.4, 0.5) is 0 Å². The van der Waals surface area contributed by atoms with Gasteiger partial charge in [0.25, 0.3) is 5.22 Å². The van der Waals surface area contributed by atoms with E-state index in [-0.39, 0.29) is 11.7 Å². The Bertz CT molecular complexity index is 542. The number of carbonyl (C=O) groups excluding carboxylic acids is 1. The van der Waals surface area contributed by atoms with Crippen molar-refractivity contribution in [3.05, 3.63) is 30.0 Å². The summed E-state index contributed by atoms with van der Waals surface area (Å²) in [6.45, 7) is 0.452. The summed E-state index contributed by atoms with van der Waals surface area (Å²) in [7, 11) is 1.73. The second kappa shape index (κ2) is 7.39. The standard InChI is InChI=1S/C12H15N3O3S2/c1-15(6-9-4-3-5-17-9)11(16)8-20-12-14-13-10(18-12)7-19-2/h3-5H,6-8H2,1-2H3. The van der Waals surface area contributed by atoms with Crippen LogP contribution in [-0.4, -0.2) is 40.1 Å². The highest BCUT2D eigenvalue weighted by Gasteiger charge is 2.13. The van der Waals surface area contributed by atoms with Crippen molar-refractivity contribution in [2.24, 2.45) is 0 Å². The number of hydrogen-bond donors (Lipinski definition) is 0. The molecule has 2 aromatic rings. The minimum atomic E-state index is -0.0176. The second-order valence-corrected chi connectivity index (χ2v) is 5.81. The zero-order chi connectivity index (χ0) is 14.4. The second-order valence-electron chi connectivity index (χ2n) is 4.01. The van der Waals surface area contributed by atoms with Crippen LogP contribution >= 0.6 is 23.5 Å². The largest absolute Gasteiger partial charge is 0.467 e. The summed E-state index contributed by atoms with van der Waals surface area (Å²) in [5.41, 5.74) is 0. The monoisotopic (exact) mass is 313 g/mol. The molecule has 0 radical (unpaired) electrons. The van der Waals surface area contributed by atoms with Gasteiger partial charge in [-0.2, -0.15) is 11.8 Å². The van der Waals surface area contributed by atoms with Gasteiger partial charge in [-0.25, -0.2) is 0 Å². The van der Waals surface area contributed by atoms with Crippen molar-refractivity contribution in [1.29, 1.82) is 0 Å². The molecule has 8 heteroatoms. The van der Waals surface area contributed by atoms with Gasteiger partial charge in [0.15, 0.2) is 0 Å². The molecule has 2 rings (SSSR count). The fourth-order valence-electron chi connectivity index (χ4n) is 1.44. The summed E-state index contributed by atoms with van der Waals surface area (Å²) in [5, 5.41) is 8.20. The van der Waals surface area contributed by atoms with Crippen molar-refractivity contribution >= 4 is 29.4 Å². The SMILES string of the molecule is CSCc1nnc(SCC(=O)N(C)Cc2ccco2)o1. The van der Waals surface area contributed by atoms with E-state index in [9.17, 15) is 4.79 Å². The first-order valence-electron chi connectivity index (χ1n) is 5.89. The Kier molecular flexibility index (Phi) is 5.54. The highest BCUT2D eigenvalue weighted by atomic mass is 32.2. The summed E-state index contributed by atoms with van der Waals surface area (Å²) in [6.07, 6.45) is 3.55. The topological polar surface area (TPSA) is 72.4 Å². The van der Waals surface area contributed by atoms with E-state index in [4.69, 9.17) is 8.83 Å². The number of furan rings is 1. The summed E-state index contributed by atoms with van der Waals surface area (Å²) in [5.74, 6) is 2.26. The molecule has 0 aromatic carbocycles. The molecule has 0 fully saturated rings. The van der Waals surface area contributed by atoms with Crippen molar-refractivity contribution < 1.29 is 13.6 Å². The van der Waals surface area contributed by atoms with Crippen LogP contribution in [0.25, 0.3) is 0 Å². The molecular formula is C12H15N3O3S2. The summed E-state index contributed by atoms with van der Waals surface area (Å²) >= 11 is 2.85. The maximum atomic E-state index is 11.9. The Morgan fingerprint density at radius 3 is 3.00 bits per heavy atom. The quantitative estimate of drug-likeness (QED) is 0.726. The highest BCUT2D eigenvalue weighted by Crippen LogP contribution is 2.18. The van der Waals surface area contributed by atoms with E-state index in [1.165, 1.54) is 11.8 Å². The Balaban J connectivity index is 1.78. The zero-order valence-electron chi connectivity index (χ0n) is 11.2. The van der Waals surface area contributed by atoms with Gasteiger partial charge in [0.1, 0.15) is 5.76 Å². The fraction of sp³-hybridized carbons (Fsp3) is 0.417. The molecule has 0 saturated carbocycles. The molecule has 0 atom stereocenters. The Morgan fingerprint density at radius 2 is 2.30 bits per heavy atom.